The molecule has 5 aromatic heterocycles. The molecule has 0 saturated heterocycles. The third-order valence-corrected chi connectivity index (χ3v) is 12.0. The molecule has 3 N–H and O–H groups in total. The van der Waals surface area contributed by atoms with Gasteiger partial charge in [-0.2, -0.15) is 0 Å². The zero-order valence-electron chi connectivity index (χ0n) is 36.8. The van der Waals surface area contributed by atoms with E-state index in [0.29, 0.717) is 12.1 Å². The Morgan fingerprint density at radius 2 is 1.08 bits per heavy atom. The highest BCUT2D eigenvalue weighted by atomic mass is 35.5. The van der Waals surface area contributed by atoms with E-state index in [1.807, 2.05) is 101 Å². The standard InChI is InChI=1S/C28H33N7.C22H28N6.CH4.ClH/c1-2-13-26(14-3-1)35-22-25(32-33-35)21-34(27-15-8-10-23-11-9-18-31-28(23)27)19-7-6-16-29-20-24-12-4-5-17-30-24;23-13-4-5-15-27(21-12-6-8-18-9-7-14-24-22(18)21)16-19-17-28(26-25-19)20-10-2-1-3-11-20;;/h1-5,9,11-14,17-18,22,27,29H,6-8,10,15-16,19-21H2;1-3,7,9-11,14,17,21H,4-6,8,12-13,15-16,23H2;1H4;1H. The van der Waals surface area contributed by atoms with Gasteiger partial charge in [0.2, 0.25) is 0 Å². The topological polar surface area (TPSA) is 145 Å². The Hall–Kier alpha value is -5.70. The fraction of sp³-hybridized carbons (Fsp3) is 0.392. The van der Waals surface area contributed by atoms with Gasteiger partial charge >= 0.3 is 0 Å². The van der Waals surface area contributed by atoms with Gasteiger partial charge in [0.1, 0.15) is 0 Å². The summed E-state index contributed by atoms with van der Waals surface area (Å²) < 4.78 is 3.71. The smallest absolute Gasteiger partial charge is 0.0972 e. The lowest BCUT2D eigenvalue weighted by molar-refractivity contribution is 0.160. The molecule has 0 spiro atoms. The summed E-state index contributed by atoms with van der Waals surface area (Å²) in [6.07, 6.45) is 21.0. The molecular formula is C51H66ClN13. The number of halogens is 1. The van der Waals surface area contributed by atoms with Crippen LogP contribution in [0.5, 0.6) is 0 Å². The Morgan fingerprint density at radius 3 is 1.58 bits per heavy atom. The van der Waals surface area contributed by atoms with E-state index in [0.717, 1.165) is 126 Å². The molecule has 0 aliphatic heterocycles. The number of pyridine rings is 3. The van der Waals surface area contributed by atoms with Gasteiger partial charge in [-0.3, -0.25) is 24.8 Å². The summed E-state index contributed by atoms with van der Waals surface area (Å²) in [6, 6.07) is 35.6. The van der Waals surface area contributed by atoms with E-state index in [1.165, 1.54) is 35.4 Å². The summed E-state index contributed by atoms with van der Waals surface area (Å²) in [5.41, 5.74) is 16.1. The van der Waals surface area contributed by atoms with Gasteiger partial charge in [-0.05, 0) is 150 Å². The van der Waals surface area contributed by atoms with Gasteiger partial charge in [0, 0.05) is 38.2 Å². The third-order valence-electron chi connectivity index (χ3n) is 12.0. The molecule has 7 aromatic rings. The maximum absolute atomic E-state index is 5.73. The highest BCUT2D eigenvalue weighted by molar-refractivity contribution is 5.85. The van der Waals surface area contributed by atoms with E-state index >= 15 is 0 Å². The van der Waals surface area contributed by atoms with Crippen molar-refractivity contribution in [3.8, 4) is 11.4 Å². The number of hydrogen-bond acceptors (Lipinski definition) is 11. The van der Waals surface area contributed by atoms with Gasteiger partial charge in [-0.15, -0.1) is 22.6 Å². The lowest BCUT2D eigenvalue weighted by Gasteiger charge is -2.34. The molecule has 2 aliphatic rings. The van der Waals surface area contributed by atoms with Crippen LogP contribution < -0.4 is 11.1 Å². The zero-order chi connectivity index (χ0) is 42.9. The van der Waals surface area contributed by atoms with Crippen LogP contribution in [0.3, 0.4) is 0 Å². The molecule has 0 amide bonds. The number of rotatable bonds is 19. The maximum Gasteiger partial charge on any atom is 0.0972 e. The number of para-hydroxylation sites is 2. The van der Waals surface area contributed by atoms with E-state index < -0.39 is 0 Å². The predicted octanol–water partition coefficient (Wildman–Crippen LogP) is 8.85. The van der Waals surface area contributed by atoms with Gasteiger partial charge in [0.15, 0.2) is 0 Å². The third kappa shape index (κ3) is 13.7. The van der Waals surface area contributed by atoms with Crippen LogP contribution >= 0.6 is 12.4 Å². The van der Waals surface area contributed by atoms with Crippen molar-refractivity contribution in [3.05, 3.63) is 174 Å². The summed E-state index contributed by atoms with van der Waals surface area (Å²) in [5.74, 6) is 0. The average Bonchev–Trinajstić information content (AvgIpc) is 4.03. The molecular weight excluding hydrogens is 830 g/mol. The molecule has 0 bridgehead atoms. The number of aryl methyl sites for hydroxylation is 2. The van der Waals surface area contributed by atoms with Crippen molar-refractivity contribution in [2.75, 3.05) is 26.2 Å². The second-order valence-corrected chi connectivity index (χ2v) is 16.5. The molecule has 0 radical (unpaired) electrons. The molecule has 13 nitrogen and oxygen atoms in total. The van der Waals surface area contributed by atoms with Crippen LogP contribution in [-0.2, 0) is 32.5 Å². The number of benzene rings is 2. The molecule has 2 atom stereocenters. The molecule has 65 heavy (non-hydrogen) atoms. The van der Waals surface area contributed by atoms with E-state index in [-0.39, 0.29) is 19.8 Å². The van der Waals surface area contributed by atoms with Gasteiger partial charge in [-0.25, -0.2) is 9.36 Å². The first-order valence-corrected chi connectivity index (χ1v) is 22.8. The molecule has 342 valence electrons. The number of nitrogens with zero attached hydrogens (tertiary/aromatic N) is 11. The van der Waals surface area contributed by atoms with Gasteiger partial charge in [0.05, 0.1) is 64.3 Å². The second kappa shape index (κ2) is 25.7. The molecule has 14 heteroatoms. The van der Waals surface area contributed by atoms with E-state index in [9.17, 15) is 0 Å². The number of hydrogen-bond donors (Lipinski definition) is 2. The van der Waals surface area contributed by atoms with E-state index in [2.05, 4.69) is 83.3 Å². The van der Waals surface area contributed by atoms with Crippen molar-refractivity contribution < 1.29 is 0 Å². The lowest BCUT2D eigenvalue weighted by Crippen LogP contribution is -2.33. The first kappa shape index (κ1) is 48.7. The quantitative estimate of drug-likeness (QED) is 0.0752. The fourth-order valence-corrected chi connectivity index (χ4v) is 8.89. The van der Waals surface area contributed by atoms with Gasteiger partial charge in [0.25, 0.3) is 0 Å². The Balaban J connectivity index is 0.000000214. The molecule has 2 aliphatic carbocycles. The van der Waals surface area contributed by atoms with Crippen molar-refractivity contribution in [2.45, 2.75) is 103 Å². The summed E-state index contributed by atoms with van der Waals surface area (Å²) in [5, 5.41) is 21.2. The number of unbranched alkanes of at least 4 members (excludes halogenated alkanes) is 2. The van der Waals surface area contributed by atoms with Gasteiger partial charge < -0.3 is 11.1 Å². The number of fused-ring (bicyclic) bond motifs is 2. The maximum atomic E-state index is 5.73. The number of nitrogens with one attached hydrogen (secondary N) is 1. The van der Waals surface area contributed by atoms with Crippen molar-refractivity contribution in [2.24, 2.45) is 5.73 Å². The van der Waals surface area contributed by atoms with Crippen molar-refractivity contribution >= 4 is 12.4 Å². The summed E-state index contributed by atoms with van der Waals surface area (Å²) in [6.45, 7) is 6.08. The lowest BCUT2D eigenvalue weighted by atomic mass is 9.90. The van der Waals surface area contributed by atoms with Crippen LogP contribution in [0.2, 0.25) is 0 Å². The molecule has 0 fully saturated rings. The Labute approximate surface area is 391 Å². The molecule has 5 heterocycles. The largest absolute Gasteiger partial charge is 0.330 e. The second-order valence-electron chi connectivity index (χ2n) is 16.5. The van der Waals surface area contributed by atoms with E-state index in [1.54, 1.807) is 0 Å². The van der Waals surface area contributed by atoms with Crippen molar-refractivity contribution in [1.29, 1.82) is 0 Å². The average molecular weight is 897 g/mol. The fourth-order valence-electron chi connectivity index (χ4n) is 8.89. The molecule has 9 rings (SSSR count). The summed E-state index contributed by atoms with van der Waals surface area (Å²) in [4.78, 5) is 19.0. The van der Waals surface area contributed by atoms with Crippen LogP contribution in [0.25, 0.3) is 11.4 Å². The summed E-state index contributed by atoms with van der Waals surface area (Å²) >= 11 is 0. The highest BCUT2D eigenvalue weighted by Gasteiger charge is 2.29. The van der Waals surface area contributed by atoms with Crippen molar-refractivity contribution in [1.82, 2.24) is 60.1 Å². The Kier molecular flexibility index (Phi) is 19.3. The number of aromatic nitrogens is 9. The highest BCUT2D eigenvalue weighted by Crippen LogP contribution is 2.35. The first-order valence-electron chi connectivity index (χ1n) is 22.8. The first-order chi connectivity index (χ1) is 31.2. The van der Waals surface area contributed by atoms with Gasteiger partial charge in [-0.1, -0.05) is 72.5 Å². The van der Waals surface area contributed by atoms with Crippen LogP contribution in [0.1, 0.15) is 110 Å². The SMILES string of the molecule is C.Cl.NCCCCN(Cc1cn(-c2ccccc2)nn1)C1CCCc2cccnc21.c1ccc(-n2cc(CN(CCCCNCc3ccccn3)C3CCCc4cccnc43)nn2)cc1. The van der Waals surface area contributed by atoms with Crippen LogP contribution in [-0.4, -0.2) is 80.9 Å². The minimum atomic E-state index is 0. The Morgan fingerprint density at radius 1 is 0.569 bits per heavy atom. The van der Waals surface area contributed by atoms with Crippen molar-refractivity contribution in [3.63, 3.8) is 0 Å². The van der Waals surface area contributed by atoms with Crippen LogP contribution in [0.4, 0.5) is 0 Å². The predicted molar refractivity (Wildman–Crippen MR) is 261 cm³/mol. The zero-order valence-corrected chi connectivity index (χ0v) is 37.6. The Bertz CT molecular complexity index is 2390. The minimum absolute atomic E-state index is 0. The number of nitrogens with two attached hydrogens (primary N) is 1. The molecule has 2 unspecified atom stereocenters. The van der Waals surface area contributed by atoms with E-state index in [4.69, 9.17) is 15.7 Å². The normalized spacial score (nSPS) is 15.2. The molecule has 0 saturated carbocycles. The summed E-state index contributed by atoms with van der Waals surface area (Å²) in [7, 11) is 0. The minimum Gasteiger partial charge on any atom is -0.330 e. The molecule has 2 aromatic carbocycles. The van der Waals surface area contributed by atoms with Crippen LogP contribution in [0.15, 0.2) is 134 Å². The van der Waals surface area contributed by atoms with Crippen LogP contribution in [0, 0.1) is 0 Å². The monoisotopic (exact) mass is 896 g/mol.